The van der Waals surface area contributed by atoms with Crippen LogP contribution in [0.2, 0.25) is 0 Å². The molecule has 0 aliphatic heterocycles. The number of H-pyrrole nitrogens is 4. The van der Waals surface area contributed by atoms with E-state index in [9.17, 15) is 19.2 Å². The van der Waals surface area contributed by atoms with Gasteiger partial charge in [-0.1, -0.05) is 30.3 Å². The van der Waals surface area contributed by atoms with Gasteiger partial charge in [-0.2, -0.15) is 10.5 Å². The fourth-order valence-corrected chi connectivity index (χ4v) is 4.23. The highest BCUT2D eigenvalue weighted by Crippen LogP contribution is 2.32. The van der Waals surface area contributed by atoms with Gasteiger partial charge in [0.2, 0.25) is 0 Å². The average molecular weight is 689 g/mol. The van der Waals surface area contributed by atoms with Crippen LogP contribution < -0.4 is 25.3 Å². The molecule has 2 aromatic heterocycles. The first-order valence-electron chi connectivity index (χ1n) is 13.3. The molecule has 244 valence electrons. The van der Waals surface area contributed by atoms with Crippen molar-refractivity contribution in [1.29, 1.82) is 10.5 Å². The summed E-state index contributed by atoms with van der Waals surface area (Å²) in [5.41, 5.74) is 0.184. The van der Waals surface area contributed by atoms with E-state index in [4.69, 9.17) is 59.4 Å². The molecule has 2 heterocycles. The SMILES string of the molecule is COc1cccc(/C=C/c2[nH]c(=S)[nH]c(=O)c2C#N)c1OCC(=O)O.N#Cc1c(/C=C/c2ccccc2OCC(=O)O)[nH]c(=S)[nH]c1=O. The van der Waals surface area contributed by atoms with Crippen molar-refractivity contribution in [3.63, 3.8) is 0 Å². The molecule has 4 aromatic rings. The largest absolute Gasteiger partial charge is 0.493 e. The third kappa shape index (κ3) is 9.97. The molecule has 0 amide bonds. The average Bonchev–Trinajstić information content (AvgIpc) is 3.04. The van der Waals surface area contributed by atoms with Gasteiger partial charge in [0.1, 0.15) is 29.0 Å². The lowest BCUT2D eigenvalue weighted by atomic mass is 10.1. The van der Waals surface area contributed by atoms with E-state index in [-0.39, 0.29) is 37.8 Å². The van der Waals surface area contributed by atoms with E-state index in [0.717, 1.165) is 0 Å². The number of ether oxygens (including phenoxy) is 3. The molecule has 48 heavy (non-hydrogen) atoms. The molecule has 6 N–H and O–H groups in total. The molecule has 0 aliphatic carbocycles. The summed E-state index contributed by atoms with van der Waals surface area (Å²) >= 11 is 9.77. The number of nitrogens with one attached hydrogen (secondary N) is 4. The number of aromatic amines is 4. The summed E-state index contributed by atoms with van der Waals surface area (Å²) < 4.78 is 15.8. The van der Waals surface area contributed by atoms with Crippen molar-refractivity contribution in [3.05, 3.63) is 106 Å². The quantitative estimate of drug-likeness (QED) is 0.123. The first-order chi connectivity index (χ1) is 23.0. The zero-order valence-corrected chi connectivity index (χ0v) is 26.4. The molecule has 2 aromatic carbocycles. The van der Waals surface area contributed by atoms with Gasteiger partial charge in [0.15, 0.2) is 34.3 Å². The van der Waals surface area contributed by atoms with Gasteiger partial charge in [0, 0.05) is 11.1 Å². The number of benzene rings is 2. The topological polar surface area (TPSA) is 247 Å². The highest BCUT2D eigenvalue weighted by molar-refractivity contribution is 7.71. The third-order valence-corrected chi connectivity index (χ3v) is 6.27. The lowest BCUT2D eigenvalue weighted by molar-refractivity contribution is -0.140. The number of rotatable bonds is 11. The van der Waals surface area contributed by atoms with E-state index >= 15 is 0 Å². The molecule has 0 spiro atoms. The highest BCUT2D eigenvalue weighted by Gasteiger charge is 2.12. The maximum absolute atomic E-state index is 11.7. The van der Waals surface area contributed by atoms with Gasteiger partial charge in [-0.15, -0.1) is 0 Å². The van der Waals surface area contributed by atoms with E-state index < -0.39 is 36.3 Å². The van der Waals surface area contributed by atoms with Crippen LogP contribution in [0, 0.1) is 32.2 Å². The lowest BCUT2D eigenvalue weighted by Crippen LogP contribution is -2.13. The van der Waals surface area contributed by atoms with E-state index in [2.05, 4.69) is 19.9 Å². The van der Waals surface area contributed by atoms with E-state index in [1.165, 1.54) is 19.3 Å². The van der Waals surface area contributed by atoms with Crippen molar-refractivity contribution < 1.29 is 34.0 Å². The van der Waals surface area contributed by atoms with E-state index in [1.807, 2.05) is 0 Å². The number of nitriles is 2. The van der Waals surface area contributed by atoms with Gasteiger partial charge in [-0.3, -0.25) is 19.6 Å². The summed E-state index contributed by atoms with van der Waals surface area (Å²) in [5, 5.41) is 35.6. The molecule has 0 atom stereocenters. The molecule has 15 nitrogen and oxygen atoms in total. The van der Waals surface area contributed by atoms with Gasteiger partial charge >= 0.3 is 11.9 Å². The summed E-state index contributed by atoms with van der Waals surface area (Å²) in [4.78, 5) is 54.8. The molecule has 0 saturated heterocycles. The summed E-state index contributed by atoms with van der Waals surface area (Å²) in [7, 11) is 1.43. The number of nitrogens with zero attached hydrogens (tertiary/aromatic N) is 2. The third-order valence-electron chi connectivity index (χ3n) is 5.87. The first kappa shape index (κ1) is 35.9. The van der Waals surface area contributed by atoms with Crippen molar-refractivity contribution in [2.24, 2.45) is 0 Å². The van der Waals surface area contributed by atoms with Gasteiger partial charge in [0.25, 0.3) is 11.1 Å². The number of carbonyl (C=O) groups is 2. The Kier molecular flexibility index (Phi) is 12.9. The Morgan fingerprint density at radius 1 is 0.729 bits per heavy atom. The predicted octanol–water partition coefficient (Wildman–Crippen LogP) is 3.88. The molecule has 4 rings (SSSR count). The van der Waals surface area contributed by atoms with Crippen LogP contribution >= 0.6 is 24.4 Å². The molecule has 17 heteroatoms. The molecule has 0 bridgehead atoms. The molecule has 0 radical (unpaired) electrons. The maximum atomic E-state index is 11.7. The molecular weight excluding hydrogens is 665 g/mol. The zero-order chi connectivity index (χ0) is 35.2. The van der Waals surface area contributed by atoms with Crippen LogP contribution in [-0.2, 0) is 9.59 Å². The monoisotopic (exact) mass is 688 g/mol. The standard InChI is InChI=1S/C16H13N3O5S.C15H11N3O4S/c1-23-12-4-2-3-9(14(12)24-8-13(20)21)5-6-11-10(7-17)15(22)19-16(25)18-11;16-7-10-11(17-15(23)18-14(10)21)6-5-9-3-1-2-4-12(9)22-8-13(19)20/h2-6H,8H2,1H3,(H,20,21)(H2,18,19,22,25);1-6H,8H2,(H,19,20)(H2,17,18,21,23)/b2*6-5+. The molecule has 0 aliphatic rings. The number of carboxylic acid groups (broad SMARTS) is 2. The van der Waals surface area contributed by atoms with Gasteiger partial charge in [-0.05, 0) is 60.9 Å². The Labute approximate surface area is 280 Å². The van der Waals surface area contributed by atoms with Crippen molar-refractivity contribution in [3.8, 4) is 29.4 Å². The minimum Gasteiger partial charge on any atom is -0.493 e. The van der Waals surface area contributed by atoms with Crippen LogP contribution in [0.15, 0.2) is 52.1 Å². The second-order valence-electron chi connectivity index (χ2n) is 9.07. The van der Waals surface area contributed by atoms with Gasteiger partial charge in [-0.25, -0.2) is 9.59 Å². The summed E-state index contributed by atoms with van der Waals surface area (Å²) in [6, 6.07) is 15.4. The van der Waals surface area contributed by atoms with Gasteiger partial charge in [0.05, 0.1) is 18.5 Å². The van der Waals surface area contributed by atoms with Crippen LogP contribution in [0.3, 0.4) is 0 Å². The van der Waals surface area contributed by atoms with Crippen molar-refractivity contribution >= 4 is 60.7 Å². The number of para-hydroxylation sites is 2. The number of methoxy groups -OCH3 is 1. The van der Waals surface area contributed by atoms with Crippen molar-refractivity contribution in [1.82, 2.24) is 19.9 Å². The Morgan fingerprint density at radius 2 is 1.21 bits per heavy atom. The predicted molar refractivity (Wildman–Crippen MR) is 177 cm³/mol. The normalized spacial score (nSPS) is 10.4. The minimum atomic E-state index is -1.13. The summed E-state index contributed by atoms with van der Waals surface area (Å²) in [5.74, 6) is -1.28. The number of carboxylic acids is 2. The van der Waals surface area contributed by atoms with Crippen LogP contribution in [0.1, 0.15) is 33.6 Å². The number of aromatic nitrogens is 4. The first-order valence-corrected chi connectivity index (χ1v) is 14.1. The second-order valence-corrected chi connectivity index (χ2v) is 9.88. The van der Waals surface area contributed by atoms with E-state index in [0.29, 0.717) is 22.6 Å². The number of aliphatic carboxylic acids is 2. The Balaban J connectivity index is 0.000000261. The maximum Gasteiger partial charge on any atom is 0.341 e. The van der Waals surface area contributed by atoms with Crippen molar-refractivity contribution in [2.75, 3.05) is 20.3 Å². The lowest BCUT2D eigenvalue weighted by Gasteiger charge is -2.11. The fourth-order valence-electron chi connectivity index (χ4n) is 3.83. The molecular formula is C31H24N6O9S2. The highest BCUT2D eigenvalue weighted by atomic mass is 32.1. The van der Waals surface area contributed by atoms with Crippen LogP contribution in [0.5, 0.6) is 17.2 Å². The van der Waals surface area contributed by atoms with E-state index in [1.54, 1.807) is 66.8 Å². The summed E-state index contributed by atoms with van der Waals surface area (Å²) in [6.45, 7) is -1.01. The Bertz CT molecular complexity index is 2220. The second kappa shape index (κ2) is 17.2. The smallest absolute Gasteiger partial charge is 0.341 e. The Hall–Kier alpha value is -6.56. The van der Waals surface area contributed by atoms with Crippen LogP contribution in [0.4, 0.5) is 0 Å². The molecule has 0 fully saturated rings. The van der Waals surface area contributed by atoms with Gasteiger partial charge < -0.3 is 34.4 Å². The Morgan fingerprint density at radius 3 is 1.73 bits per heavy atom. The number of hydrogen-bond donors (Lipinski definition) is 6. The summed E-state index contributed by atoms with van der Waals surface area (Å²) in [6.07, 6.45) is 6.14. The minimum absolute atomic E-state index is 0.0802. The molecule has 0 unspecified atom stereocenters. The number of hydrogen-bond acceptors (Lipinski definition) is 11. The van der Waals surface area contributed by atoms with Crippen LogP contribution in [0.25, 0.3) is 24.3 Å². The molecule has 0 saturated carbocycles. The zero-order valence-electron chi connectivity index (χ0n) is 24.7. The van der Waals surface area contributed by atoms with Crippen molar-refractivity contribution in [2.45, 2.75) is 0 Å². The fraction of sp³-hybridized carbons (Fsp3) is 0.0968. The van der Waals surface area contributed by atoms with Crippen LogP contribution in [-0.4, -0.2) is 62.4 Å².